The molecule has 1 aliphatic heterocycles. The van der Waals surface area contributed by atoms with E-state index in [0.717, 1.165) is 28.2 Å². The number of hydrogen-bond donors (Lipinski definition) is 2. The first kappa shape index (κ1) is 18.0. The Morgan fingerprint density at radius 1 is 1.21 bits per heavy atom. The number of benzene rings is 2. The number of rotatable bonds is 4. The van der Waals surface area contributed by atoms with Crippen LogP contribution in [0.25, 0.3) is 11.4 Å². The van der Waals surface area contributed by atoms with E-state index in [4.69, 9.17) is 0 Å². The summed E-state index contributed by atoms with van der Waals surface area (Å²) in [7, 11) is 0. The molecule has 2 amide bonds. The highest BCUT2D eigenvalue weighted by molar-refractivity contribution is 5.95. The zero-order valence-corrected chi connectivity index (χ0v) is 15.9. The fourth-order valence-electron chi connectivity index (χ4n) is 3.63. The first-order valence-corrected chi connectivity index (χ1v) is 9.31. The lowest BCUT2D eigenvalue weighted by atomic mass is 10.1. The van der Waals surface area contributed by atoms with Crippen molar-refractivity contribution < 1.29 is 9.59 Å². The number of carbonyl (C=O) groups is 2. The Kier molecular flexibility index (Phi) is 4.69. The van der Waals surface area contributed by atoms with Crippen molar-refractivity contribution >= 4 is 17.5 Å². The van der Waals surface area contributed by atoms with Gasteiger partial charge in [-0.25, -0.2) is 4.98 Å². The molecule has 2 heterocycles. The van der Waals surface area contributed by atoms with Gasteiger partial charge >= 0.3 is 0 Å². The minimum atomic E-state index is -0.199. The van der Waals surface area contributed by atoms with E-state index in [-0.39, 0.29) is 24.3 Å². The van der Waals surface area contributed by atoms with Gasteiger partial charge in [0.25, 0.3) is 5.91 Å². The number of amides is 2. The highest BCUT2D eigenvalue weighted by Crippen LogP contribution is 2.30. The zero-order chi connectivity index (χ0) is 19.7. The molecule has 1 atom stereocenters. The topological polar surface area (TPSA) is 76.0 Å². The van der Waals surface area contributed by atoms with Crippen LogP contribution in [0.15, 0.2) is 54.7 Å². The highest BCUT2D eigenvalue weighted by atomic mass is 16.2. The molecule has 0 radical (unpaired) electrons. The van der Waals surface area contributed by atoms with Crippen LogP contribution in [0.1, 0.15) is 34.1 Å². The van der Waals surface area contributed by atoms with E-state index in [1.807, 2.05) is 66.9 Å². The van der Waals surface area contributed by atoms with Crippen LogP contribution < -0.4 is 10.6 Å². The van der Waals surface area contributed by atoms with Crippen molar-refractivity contribution in [1.29, 1.82) is 0 Å². The van der Waals surface area contributed by atoms with Gasteiger partial charge < -0.3 is 15.2 Å². The molecule has 1 aliphatic rings. The van der Waals surface area contributed by atoms with E-state index < -0.39 is 0 Å². The Balaban J connectivity index is 1.63. The largest absolute Gasteiger partial charge is 0.349 e. The molecule has 0 spiro atoms. The maximum absolute atomic E-state index is 12.7. The number of anilines is 1. The average molecular weight is 374 g/mol. The van der Waals surface area contributed by atoms with E-state index in [0.29, 0.717) is 12.2 Å². The fraction of sp³-hybridized carbons (Fsp3) is 0.227. The second kappa shape index (κ2) is 7.31. The van der Waals surface area contributed by atoms with Gasteiger partial charge in [0.05, 0.1) is 12.2 Å². The van der Waals surface area contributed by atoms with Crippen LogP contribution in [0, 0.1) is 13.8 Å². The van der Waals surface area contributed by atoms with Crippen LogP contribution in [0.4, 0.5) is 5.69 Å². The molecule has 142 valence electrons. The van der Waals surface area contributed by atoms with Gasteiger partial charge in [0.15, 0.2) is 0 Å². The van der Waals surface area contributed by atoms with E-state index in [9.17, 15) is 9.59 Å². The Morgan fingerprint density at radius 2 is 2.04 bits per heavy atom. The number of fused-ring (bicyclic) bond motifs is 1. The maximum Gasteiger partial charge on any atom is 0.269 e. The molecule has 1 aromatic heterocycles. The second-order valence-electron chi connectivity index (χ2n) is 7.14. The van der Waals surface area contributed by atoms with Crippen LogP contribution in [0.2, 0.25) is 0 Å². The Labute approximate surface area is 163 Å². The lowest BCUT2D eigenvalue weighted by Gasteiger charge is -2.27. The van der Waals surface area contributed by atoms with Crippen LogP contribution in [0.3, 0.4) is 0 Å². The van der Waals surface area contributed by atoms with Crippen LogP contribution in [-0.4, -0.2) is 27.9 Å². The van der Waals surface area contributed by atoms with Gasteiger partial charge in [-0.2, -0.15) is 0 Å². The third-order valence-electron chi connectivity index (χ3n) is 5.00. The van der Waals surface area contributed by atoms with E-state index in [1.165, 1.54) is 0 Å². The van der Waals surface area contributed by atoms with Crippen molar-refractivity contribution in [1.82, 2.24) is 14.9 Å². The molecule has 6 heteroatoms. The quantitative estimate of drug-likeness (QED) is 0.734. The van der Waals surface area contributed by atoms with Crippen LogP contribution >= 0.6 is 0 Å². The van der Waals surface area contributed by atoms with E-state index in [1.54, 1.807) is 6.20 Å². The van der Waals surface area contributed by atoms with E-state index in [2.05, 4.69) is 15.6 Å². The molecular formula is C22H22N4O2. The second-order valence-corrected chi connectivity index (χ2v) is 7.14. The minimum absolute atomic E-state index is 0.0952. The lowest BCUT2D eigenvalue weighted by Crippen LogP contribution is -2.40. The zero-order valence-electron chi connectivity index (χ0n) is 15.9. The number of imidazole rings is 1. The van der Waals surface area contributed by atoms with Gasteiger partial charge in [-0.1, -0.05) is 36.4 Å². The molecule has 3 aromatic rings. The Hall–Kier alpha value is -3.41. The van der Waals surface area contributed by atoms with Crippen LogP contribution in [-0.2, 0) is 4.79 Å². The first-order valence-electron chi connectivity index (χ1n) is 9.31. The molecule has 2 N–H and O–H groups in total. The summed E-state index contributed by atoms with van der Waals surface area (Å²) in [6.07, 6.45) is 1.83. The third kappa shape index (κ3) is 3.41. The van der Waals surface area contributed by atoms with Crippen molar-refractivity contribution in [2.24, 2.45) is 0 Å². The Bertz CT molecular complexity index is 1050. The molecule has 0 saturated heterocycles. The normalized spacial score (nSPS) is 15.6. The molecule has 2 aromatic carbocycles. The molecule has 0 fully saturated rings. The maximum atomic E-state index is 12.7. The SMILES string of the molecule is Cc1cccc(NC(=O)CC2CNC(=O)c3cnc(-c4ccccc4C)n32)c1. The summed E-state index contributed by atoms with van der Waals surface area (Å²) >= 11 is 0. The van der Waals surface area contributed by atoms with Crippen molar-refractivity contribution in [2.45, 2.75) is 26.3 Å². The van der Waals surface area contributed by atoms with Crippen molar-refractivity contribution in [3.05, 3.63) is 71.5 Å². The molecule has 1 unspecified atom stereocenters. The standard InChI is InChI=1S/C22H22N4O2/c1-14-6-5-8-16(10-14)25-20(27)11-17-12-24-22(28)19-13-23-21(26(17)19)18-9-4-3-7-15(18)2/h3-10,13,17H,11-12H2,1-2H3,(H,24,28)(H,25,27). The highest BCUT2D eigenvalue weighted by Gasteiger charge is 2.30. The van der Waals surface area contributed by atoms with Gasteiger partial charge in [0.1, 0.15) is 11.5 Å². The Morgan fingerprint density at radius 3 is 2.82 bits per heavy atom. The van der Waals surface area contributed by atoms with Gasteiger partial charge in [-0.05, 0) is 37.1 Å². The van der Waals surface area contributed by atoms with Gasteiger partial charge in [0.2, 0.25) is 5.91 Å². The number of nitrogens with one attached hydrogen (secondary N) is 2. The lowest BCUT2D eigenvalue weighted by molar-refractivity contribution is -0.117. The summed E-state index contributed by atoms with van der Waals surface area (Å²) in [5.74, 6) is 0.459. The number of aromatic nitrogens is 2. The smallest absolute Gasteiger partial charge is 0.269 e. The van der Waals surface area contributed by atoms with E-state index >= 15 is 0 Å². The van der Waals surface area contributed by atoms with Crippen molar-refractivity contribution in [3.8, 4) is 11.4 Å². The number of hydrogen-bond acceptors (Lipinski definition) is 3. The fourth-order valence-corrected chi connectivity index (χ4v) is 3.63. The third-order valence-corrected chi connectivity index (χ3v) is 5.00. The summed E-state index contributed by atoms with van der Waals surface area (Å²) in [6, 6.07) is 15.4. The monoisotopic (exact) mass is 374 g/mol. The molecule has 0 saturated carbocycles. The average Bonchev–Trinajstić information content (AvgIpc) is 3.10. The summed E-state index contributed by atoms with van der Waals surface area (Å²) < 4.78 is 1.90. The molecule has 28 heavy (non-hydrogen) atoms. The predicted octanol–water partition coefficient (Wildman–Crippen LogP) is 3.48. The molecule has 0 aliphatic carbocycles. The predicted molar refractivity (Wildman–Crippen MR) is 108 cm³/mol. The number of aryl methyl sites for hydroxylation is 2. The van der Waals surface area contributed by atoms with Crippen molar-refractivity contribution in [3.63, 3.8) is 0 Å². The van der Waals surface area contributed by atoms with Gasteiger partial charge in [-0.3, -0.25) is 9.59 Å². The number of nitrogens with zero attached hydrogens (tertiary/aromatic N) is 2. The minimum Gasteiger partial charge on any atom is -0.349 e. The van der Waals surface area contributed by atoms with Crippen LogP contribution in [0.5, 0.6) is 0 Å². The molecule has 4 rings (SSSR count). The molecule has 6 nitrogen and oxygen atoms in total. The summed E-state index contributed by atoms with van der Waals surface area (Å²) in [6.45, 7) is 4.39. The first-order chi connectivity index (χ1) is 13.5. The van der Waals surface area contributed by atoms with Crippen molar-refractivity contribution in [2.75, 3.05) is 11.9 Å². The summed E-state index contributed by atoms with van der Waals surface area (Å²) in [4.78, 5) is 29.5. The molecule has 0 bridgehead atoms. The van der Waals surface area contributed by atoms with Gasteiger partial charge in [-0.15, -0.1) is 0 Å². The number of carbonyl (C=O) groups excluding carboxylic acids is 2. The summed E-state index contributed by atoms with van der Waals surface area (Å²) in [5.41, 5.74) is 4.38. The van der Waals surface area contributed by atoms with Gasteiger partial charge in [0, 0.05) is 24.2 Å². The molecular weight excluding hydrogens is 352 g/mol. The summed E-state index contributed by atoms with van der Waals surface area (Å²) in [5, 5.41) is 5.82.